The van der Waals surface area contributed by atoms with Crippen LogP contribution in [0.4, 0.5) is 0 Å². The fraction of sp³-hybridized carbons (Fsp3) is 0.545. The molecule has 7 nitrogen and oxygen atoms in total. The number of hydrogen-bond acceptors (Lipinski definition) is 5. The molecule has 1 atom stereocenters. The molecule has 0 aliphatic carbocycles. The Labute approximate surface area is 115 Å². The van der Waals surface area contributed by atoms with E-state index in [1.807, 2.05) is 6.26 Å². The minimum Gasteiger partial charge on any atom is -0.493 e. The van der Waals surface area contributed by atoms with Gasteiger partial charge in [0.2, 0.25) is 5.88 Å². The largest absolute Gasteiger partial charge is 0.493 e. The third-order valence-corrected chi connectivity index (χ3v) is 3.28. The molecule has 0 aliphatic rings. The van der Waals surface area contributed by atoms with Crippen molar-refractivity contribution in [3.05, 3.63) is 11.3 Å². The van der Waals surface area contributed by atoms with Gasteiger partial charge in [-0.25, -0.2) is 9.48 Å². The smallest absolute Gasteiger partial charge is 0.326 e. The Morgan fingerprint density at radius 3 is 2.58 bits per heavy atom. The molecule has 0 aliphatic heterocycles. The Bertz CT molecular complexity index is 487. The lowest BCUT2D eigenvalue weighted by atomic mass is 10.2. The van der Waals surface area contributed by atoms with Crippen molar-refractivity contribution in [2.24, 2.45) is 7.05 Å². The van der Waals surface area contributed by atoms with Crippen molar-refractivity contribution in [3.8, 4) is 5.88 Å². The maximum Gasteiger partial charge on any atom is 0.326 e. The summed E-state index contributed by atoms with van der Waals surface area (Å²) in [6.07, 6.45) is 2.18. The second kappa shape index (κ2) is 6.46. The lowest BCUT2D eigenvalue weighted by molar-refractivity contribution is -0.139. The molecule has 19 heavy (non-hydrogen) atoms. The van der Waals surface area contributed by atoms with Gasteiger partial charge in [0.15, 0.2) is 0 Å². The number of aromatic nitrogens is 2. The van der Waals surface area contributed by atoms with Crippen LogP contribution in [-0.4, -0.2) is 49.9 Å². The second-order valence-electron chi connectivity index (χ2n) is 4.05. The average Bonchev–Trinajstić information content (AvgIpc) is 2.58. The normalized spacial score (nSPS) is 12.2. The minimum atomic E-state index is -1.09. The van der Waals surface area contributed by atoms with E-state index < -0.39 is 17.9 Å². The first-order chi connectivity index (χ1) is 8.88. The van der Waals surface area contributed by atoms with E-state index in [0.29, 0.717) is 17.9 Å². The number of carbonyl (C=O) groups excluding carboxylic acids is 1. The monoisotopic (exact) mass is 287 g/mol. The fourth-order valence-corrected chi connectivity index (χ4v) is 2.11. The fourth-order valence-electron chi connectivity index (χ4n) is 1.64. The maximum atomic E-state index is 12.0. The van der Waals surface area contributed by atoms with Gasteiger partial charge < -0.3 is 15.5 Å². The molecular weight excluding hydrogens is 270 g/mol. The molecule has 0 fully saturated rings. The van der Waals surface area contributed by atoms with Gasteiger partial charge in [0.1, 0.15) is 11.6 Å². The molecule has 3 N–H and O–H groups in total. The van der Waals surface area contributed by atoms with E-state index in [0.717, 1.165) is 0 Å². The summed E-state index contributed by atoms with van der Waals surface area (Å²) in [5, 5.41) is 25.0. The van der Waals surface area contributed by atoms with Crippen molar-refractivity contribution in [2.45, 2.75) is 19.4 Å². The number of aromatic hydroxyl groups is 1. The third kappa shape index (κ3) is 3.63. The number of aliphatic carboxylic acids is 1. The Morgan fingerprint density at radius 2 is 2.16 bits per heavy atom. The molecule has 1 aromatic rings. The predicted molar refractivity (Wildman–Crippen MR) is 71.5 cm³/mol. The number of carbonyl (C=O) groups is 2. The number of carboxylic acid groups (broad SMARTS) is 1. The van der Waals surface area contributed by atoms with Crippen LogP contribution in [0.5, 0.6) is 5.88 Å². The van der Waals surface area contributed by atoms with Gasteiger partial charge in [0.25, 0.3) is 5.91 Å². The summed E-state index contributed by atoms with van der Waals surface area (Å²) < 4.78 is 1.17. The Hall–Kier alpha value is -1.70. The van der Waals surface area contributed by atoms with E-state index >= 15 is 0 Å². The minimum absolute atomic E-state index is 0.0119. The standard InChI is InChI=1S/C11H17N3O4S/c1-6-8(10(16)14(2)13-6)9(15)12-7(11(17)18)4-5-19-3/h7,16H,4-5H2,1-3H3,(H,12,15)(H,17,18). The Kier molecular flexibility index (Phi) is 5.22. The van der Waals surface area contributed by atoms with Crippen molar-refractivity contribution < 1.29 is 19.8 Å². The number of carboxylic acids is 1. The number of thioether (sulfide) groups is 1. The molecule has 0 saturated carbocycles. The van der Waals surface area contributed by atoms with Crippen molar-refractivity contribution >= 4 is 23.6 Å². The van der Waals surface area contributed by atoms with Gasteiger partial charge in [-0.05, 0) is 25.4 Å². The summed E-state index contributed by atoms with van der Waals surface area (Å²) in [7, 11) is 1.50. The summed E-state index contributed by atoms with van der Waals surface area (Å²) in [6.45, 7) is 1.58. The highest BCUT2D eigenvalue weighted by atomic mass is 32.2. The molecule has 0 spiro atoms. The molecular formula is C11H17N3O4S. The van der Waals surface area contributed by atoms with Crippen LogP contribution in [0.3, 0.4) is 0 Å². The van der Waals surface area contributed by atoms with Crippen LogP contribution in [0.25, 0.3) is 0 Å². The summed E-state index contributed by atoms with van der Waals surface area (Å²) in [5.74, 6) is -1.38. The first-order valence-corrected chi connectivity index (χ1v) is 7.03. The van der Waals surface area contributed by atoms with Gasteiger partial charge in [-0.15, -0.1) is 0 Å². The highest BCUT2D eigenvalue weighted by Gasteiger charge is 2.25. The number of nitrogens with one attached hydrogen (secondary N) is 1. The Balaban J connectivity index is 2.85. The number of hydrogen-bond donors (Lipinski definition) is 3. The van der Waals surface area contributed by atoms with Crippen molar-refractivity contribution in [2.75, 3.05) is 12.0 Å². The quantitative estimate of drug-likeness (QED) is 0.698. The average molecular weight is 287 g/mol. The van der Waals surface area contributed by atoms with Gasteiger partial charge in [0, 0.05) is 7.05 Å². The number of rotatable bonds is 6. The van der Waals surface area contributed by atoms with Crippen molar-refractivity contribution in [1.82, 2.24) is 15.1 Å². The van der Waals surface area contributed by atoms with E-state index in [1.165, 1.54) is 23.5 Å². The highest BCUT2D eigenvalue weighted by molar-refractivity contribution is 7.98. The summed E-state index contributed by atoms with van der Waals surface area (Å²) in [5.41, 5.74) is 0.365. The topological polar surface area (TPSA) is 104 Å². The van der Waals surface area contributed by atoms with Crippen LogP contribution in [0.1, 0.15) is 22.5 Å². The molecule has 0 bridgehead atoms. The van der Waals surface area contributed by atoms with Crippen LogP contribution < -0.4 is 5.32 Å². The molecule has 1 rings (SSSR count). The van der Waals surface area contributed by atoms with Gasteiger partial charge in [-0.3, -0.25) is 4.79 Å². The van der Waals surface area contributed by atoms with Crippen LogP contribution in [-0.2, 0) is 11.8 Å². The van der Waals surface area contributed by atoms with E-state index in [-0.39, 0.29) is 11.4 Å². The number of amides is 1. The third-order valence-electron chi connectivity index (χ3n) is 2.63. The summed E-state index contributed by atoms with van der Waals surface area (Å²) in [4.78, 5) is 23.0. The predicted octanol–water partition coefficient (Wildman–Crippen LogP) is 0.370. The molecule has 1 heterocycles. The first kappa shape index (κ1) is 15.4. The van der Waals surface area contributed by atoms with Gasteiger partial charge >= 0.3 is 5.97 Å². The number of aryl methyl sites for hydroxylation is 2. The van der Waals surface area contributed by atoms with Crippen LogP contribution in [0.15, 0.2) is 0 Å². The SMILES string of the molecule is CSCCC(NC(=O)c1c(C)nn(C)c1O)C(=O)O. The van der Waals surface area contributed by atoms with Crippen LogP contribution >= 0.6 is 11.8 Å². The molecule has 106 valence electrons. The van der Waals surface area contributed by atoms with E-state index in [1.54, 1.807) is 6.92 Å². The lowest BCUT2D eigenvalue weighted by Crippen LogP contribution is -2.41. The molecule has 0 aromatic carbocycles. The zero-order chi connectivity index (χ0) is 14.6. The second-order valence-corrected chi connectivity index (χ2v) is 5.04. The Morgan fingerprint density at radius 1 is 1.53 bits per heavy atom. The van der Waals surface area contributed by atoms with E-state index in [9.17, 15) is 14.7 Å². The molecule has 0 radical (unpaired) electrons. The molecule has 0 saturated heterocycles. The molecule has 1 amide bonds. The lowest BCUT2D eigenvalue weighted by Gasteiger charge is -2.13. The first-order valence-electron chi connectivity index (χ1n) is 5.63. The van der Waals surface area contributed by atoms with Crippen molar-refractivity contribution in [3.63, 3.8) is 0 Å². The van der Waals surface area contributed by atoms with Gasteiger partial charge in [-0.1, -0.05) is 0 Å². The highest BCUT2D eigenvalue weighted by Crippen LogP contribution is 2.19. The maximum absolute atomic E-state index is 12.0. The number of nitrogens with zero attached hydrogens (tertiary/aromatic N) is 2. The molecule has 1 aromatic heterocycles. The zero-order valence-corrected chi connectivity index (χ0v) is 11.8. The van der Waals surface area contributed by atoms with Crippen LogP contribution in [0, 0.1) is 6.92 Å². The molecule has 8 heteroatoms. The van der Waals surface area contributed by atoms with E-state index in [4.69, 9.17) is 5.11 Å². The van der Waals surface area contributed by atoms with Gasteiger partial charge in [0.05, 0.1) is 5.69 Å². The van der Waals surface area contributed by atoms with Crippen molar-refractivity contribution in [1.29, 1.82) is 0 Å². The van der Waals surface area contributed by atoms with E-state index in [2.05, 4.69) is 10.4 Å². The van der Waals surface area contributed by atoms with Crippen LogP contribution in [0.2, 0.25) is 0 Å². The zero-order valence-electron chi connectivity index (χ0n) is 11.0. The summed E-state index contributed by atoms with van der Waals surface area (Å²) in [6, 6.07) is -0.973. The molecule has 1 unspecified atom stereocenters. The van der Waals surface area contributed by atoms with Gasteiger partial charge in [-0.2, -0.15) is 16.9 Å². The summed E-state index contributed by atoms with van der Waals surface area (Å²) >= 11 is 1.50.